The number of hydrogen-bond acceptors (Lipinski definition) is 4. The number of carbonyl (C=O) groups is 1. The number of ether oxygens (including phenoxy) is 3. The molecule has 4 heteroatoms. The average molecular weight is 433 g/mol. The summed E-state index contributed by atoms with van der Waals surface area (Å²) in [6.07, 6.45) is 0.650. The maximum absolute atomic E-state index is 11.8. The minimum absolute atomic E-state index is 0.0571. The van der Waals surface area contributed by atoms with Gasteiger partial charge < -0.3 is 14.2 Å². The van der Waals surface area contributed by atoms with Crippen molar-refractivity contribution in [3.63, 3.8) is 0 Å². The summed E-state index contributed by atoms with van der Waals surface area (Å²) in [5, 5.41) is 0. The molecular weight excluding hydrogens is 400 g/mol. The van der Waals surface area contributed by atoms with Crippen LogP contribution in [0.2, 0.25) is 0 Å². The van der Waals surface area contributed by atoms with Crippen molar-refractivity contribution in [3.8, 4) is 0 Å². The second-order valence-electron chi connectivity index (χ2n) is 8.62. The van der Waals surface area contributed by atoms with Crippen LogP contribution in [0.5, 0.6) is 0 Å². The van der Waals surface area contributed by atoms with E-state index in [9.17, 15) is 4.79 Å². The zero-order valence-corrected chi connectivity index (χ0v) is 19.1. The fourth-order valence-corrected chi connectivity index (χ4v) is 3.68. The van der Waals surface area contributed by atoms with Crippen LogP contribution in [-0.4, -0.2) is 31.4 Å². The van der Waals surface area contributed by atoms with Crippen molar-refractivity contribution < 1.29 is 19.0 Å². The normalized spacial score (nSPS) is 11.8. The molecule has 3 rings (SSSR count). The van der Waals surface area contributed by atoms with E-state index in [2.05, 4.69) is 36.4 Å². The van der Waals surface area contributed by atoms with Gasteiger partial charge in [-0.05, 0) is 43.9 Å². The van der Waals surface area contributed by atoms with Gasteiger partial charge in [0, 0.05) is 6.61 Å². The van der Waals surface area contributed by atoms with Gasteiger partial charge in [-0.2, -0.15) is 0 Å². The summed E-state index contributed by atoms with van der Waals surface area (Å²) in [5.74, 6) is -0.356. The lowest BCUT2D eigenvalue weighted by Crippen LogP contribution is -2.33. The molecule has 4 nitrogen and oxygen atoms in total. The van der Waals surface area contributed by atoms with Gasteiger partial charge in [0.1, 0.15) is 17.8 Å². The fourth-order valence-electron chi connectivity index (χ4n) is 3.68. The van der Waals surface area contributed by atoms with Gasteiger partial charge in [-0.3, -0.25) is 0 Å². The summed E-state index contributed by atoms with van der Waals surface area (Å²) in [5.41, 5.74) is 1.94. The molecule has 0 amide bonds. The Morgan fingerprint density at radius 2 is 1.12 bits per heavy atom. The predicted molar refractivity (Wildman–Crippen MR) is 126 cm³/mol. The second kappa shape index (κ2) is 11.1. The molecular formula is C28H32O4. The van der Waals surface area contributed by atoms with E-state index >= 15 is 0 Å². The highest BCUT2D eigenvalue weighted by molar-refractivity contribution is 5.71. The second-order valence-corrected chi connectivity index (χ2v) is 8.62. The van der Waals surface area contributed by atoms with Crippen LogP contribution in [0.3, 0.4) is 0 Å². The van der Waals surface area contributed by atoms with Crippen LogP contribution in [0.15, 0.2) is 91.0 Å². The number of esters is 1. The third-order valence-electron chi connectivity index (χ3n) is 4.93. The van der Waals surface area contributed by atoms with Gasteiger partial charge >= 0.3 is 5.97 Å². The van der Waals surface area contributed by atoms with Crippen LogP contribution in [0.4, 0.5) is 0 Å². The fraction of sp³-hybridized carbons (Fsp3) is 0.321. The van der Waals surface area contributed by atoms with E-state index in [0.717, 1.165) is 16.7 Å². The first kappa shape index (κ1) is 23.7. The summed E-state index contributed by atoms with van der Waals surface area (Å²) in [6.45, 7) is 6.35. The van der Waals surface area contributed by atoms with Gasteiger partial charge in [0.25, 0.3) is 0 Å². The highest BCUT2D eigenvalue weighted by atomic mass is 16.6. The van der Waals surface area contributed by atoms with Gasteiger partial charge in [0.05, 0.1) is 6.61 Å². The van der Waals surface area contributed by atoms with Gasteiger partial charge in [0.15, 0.2) is 0 Å². The quantitative estimate of drug-likeness (QED) is 0.233. The zero-order valence-electron chi connectivity index (χ0n) is 19.1. The number of carbonyl (C=O) groups excluding carboxylic acids is 1. The van der Waals surface area contributed by atoms with E-state index in [0.29, 0.717) is 19.6 Å². The Morgan fingerprint density at radius 3 is 1.53 bits per heavy atom. The topological polar surface area (TPSA) is 44.8 Å². The monoisotopic (exact) mass is 432 g/mol. The van der Waals surface area contributed by atoms with Gasteiger partial charge in [0.2, 0.25) is 0 Å². The molecule has 0 atom stereocenters. The highest BCUT2D eigenvalue weighted by Crippen LogP contribution is 2.40. The van der Waals surface area contributed by atoms with E-state index in [4.69, 9.17) is 14.2 Å². The molecule has 0 heterocycles. The van der Waals surface area contributed by atoms with E-state index in [1.165, 1.54) is 0 Å². The van der Waals surface area contributed by atoms with Crippen molar-refractivity contribution in [3.05, 3.63) is 108 Å². The Hall–Kier alpha value is -2.95. The van der Waals surface area contributed by atoms with Crippen molar-refractivity contribution in [2.75, 3.05) is 19.8 Å². The maximum atomic E-state index is 11.8. The molecule has 0 N–H and O–H groups in total. The first-order chi connectivity index (χ1) is 15.4. The Bertz CT molecular complexity index is 850. The summed E-state index contributed by atoms with van der Waals surface area (Å²) < 4.78 is 17.5. The molecule has 0 fully saturated rings. The molecule has 0 saturated heterocycles. The molecule has 168 valence electrons. The van der Waals surface area contributed by atoms with Crippen LogP contribution in [0, 0.1) is 0 Å². The third-order valence-corrected chi connectivity index (χ3v) is 4.93. The minimum Gasteiger partial charge on any atom is -0.458 e. The van der Waals surface area contributed by atoms with E-state index in [1.54, 1.807) is 0 Å². The lowest BCUT2D eigenvalue weighted by molar-refractivity contribution is -0.160. The van der Waals surface area contributed by atoms with E-state index in [1.807, 2.05) is 75.4 Å². The molecule has 0 aliphatic heterocycles. The average Bonchev–Trinajstić information content (AvgIpc) is 2.79. The van der Waals surface area contributed by atoms with E-state index in [-0.39, 0.29) is 12.6 Å². The van der Waals surface area contributed by atoms with Crippen LogP contribution in [0.25, 0.3) is 0 Å². The van der Waals surface area contributed by atoms with Gasteiger partial charge in [-0.15, -0.1) is 0 Å². The molecule has 0 spiro atoms. The number of benzene rings is 3. The smallest absolute Gasteiger partial charge is 0.332 e. The van der Waals surface area contributed by atoms with Crippen molar-refractivity contribution in [2.45, 2.75) is 38.4 Å². The summed E-state index contributed by atoms with van der Waals surface area (Å²) in [7, 11) is 0. The molecule has 0 saturated carbocycles. The van der Waals surface area contributed by atoms with Gasteiger partial charge in [-0.25, -0.2) is 4.79 Å². The van der Waals surface area contributed by atoms with Crippen molar-refractivity contribution in [1.29, 1.82) is 0 Å². The molecule has 0 unspecified atom stereocenters. The van der Waals surface area contributed by atoms with Crippen molar-refractivity contribution in [2.24, 2.45) is 0 Å². The molecule has 0 aliphatic rings. The van der Waals surface area contributed by atoms with Crippen LogP contribution in [0.1, 0.15) is 43.9 Å². The van der Waals surface area contributed by atoms with Crippen LogP contribution >= 0.6 is 0 Å². The first-order valence-electron chi connectivity index (χ1n) is 11.0. The Labute approximate surface area is 191 Å². The zero-order chi connectivity index (χ0) is 22.9. The lowest BCUT2D eigenvalue weighted by atomic mass is 9.80. The van der Waals surface area contributed by atoms with Gasteiger partial charge in [-0.1, -0.05) is 91.0 Å². The molecule has 3 aromatic carbocycles. The lowest BCUT2D eigenvalue weighted by Gasteiger charge is -2.36. The maximum Gasteiger partial charge on any atom is 0.332 e. The largest absolute Gasteiger partial charge is 0.458 e. The molecule has 0 bridgehead atoms. The van der Waals surface area contributed by atoms with Crippen LogP contribution in [-0.2, 0) is 24.6 Å². The predicted octanol–water partition coefficient (Wildman–Crippen LogP) is 5.74. The van der Waals surface area contributed by atoms with Crippen molar-refractivity contribution in [1.82, 2.24) is 0 Å². The number of hydrogen-bond donors (Lipinski definition) is 0. The Kier molecular flexibility index (Phi) is 8.20. The van der Waals surface area contributed by atoms with E-state index < -0.39 is 11.2 Å². The highest BCUT2D eigenvalue weighted by Gasteiger charge is 2.37. The molecule has 0 aliphatic carbocycles. The minimum atomic E-state index is -0.741. The first-order valence-corrected chi connectivity index (χ1v) is 11.0. The molecule has 0 aromatic heterocycles. The summed E-state index contributed by atoms with van der Waals surface area (Å²) in [6, 6.07) is 30.8. The summed E-state index contributed by atoms with van der Waals surface area (Å²) in [4.78, 5) is 11.8. The summed E-state index contributed by atoms with van der Waals surface area (Å²) >= 11 is 0. The molecule has 0 radical (unpaired) electrons. The van der Waals surface area contributed by atoms with Crippen molar-refractivity contribution >= 4 is 5.97 Å². The SMILES string of the molecule is CC(C)(C)OC(=O)COCCCOC(c1ccccc1)(c1ccccc1)c1ccccc1. The Balaban J connectivity index is 1.75. The standard InChI is InChI=1S/C28H32O4/c1-27(2,3)32-26(29)22-30-20-13-21-31-28(23-14-7-4-8-15-23,24-16-9-5-10-17-24)25-18-11-6-12-19-25/h4-12,14-19H,13,20-22H2,1-3H3. The van der Waals surface area contributed by atoms with Crippen LogP contribution < -0.4 is 0 Å². The number of rotatable bonds is 10. The third kappa shape index (κ3) is 6.28. The Morgan fingerprint density at radius 1 is 0.688 bits per heavy atom. The molecule has 3 aromatic rings. The molecule has 32 heavy (non-hydrogen) atoms.